The molecule has 0 fully saturated rings. The van der Waals surface area contributed by atoms with Crippen LogP contribution >= 0.6 is 11.6 Å². The van der Waals surface area contributed by atoms with Crippen molar-refractivity contribution in [3.63, 3.8) is 0 Å². The van der Waals surface area contributed by atoms with Gasteiger partial charge in [-0.3, -0.25) is 19.5 Å². The summed E-state index contributed by atoms with van der Waals surface area (Å²) < 4.78 is 11.1. The van der Waals surface area contributed by atoms with Crippen LogP contribution in [0.4, 0.5) is 5.69 Å². The largest absolute Gasteiger partial charge is 0.503 e. The maximum Gasteiger partial charge on any atom is 0.294 e. The first-order valence-electron chi connectivity index (χ1n) is 10.5. The Morgan fingerprint density at radius 2 is 1.97 bits per heavy atom. The summed E-state index contributed by atoms with van der Waals surface area (Å²) in [6.07, 6.45) is 1.56. The number of rotatable bonds is 5. The van der Waals surface area contributed by atoms with Crippen LogP contribution in [0, 0.1) is 6.92 Å². The van der Waals surface area contributed by atoms with Crippen LogP contribution in [0.1, 0.15) is 27.9 Å². The number of anilines is 1. The number of aliphatic hydroxyl groups excluding tert-OH is 1. The molecule has 8 heteroatoms. The third kappa shape index (κ3) is 3.41. The van der Waals surface area contributed by atoms with Crippen LogP contribution in [0.2, 0.25) is 5.02 Å². The number of amides is 1. The fourth-order valence-electron chi connectivity index (χ4n) is 4.19. The Morgan fingerprint density at radius 1 is 1.15 bits per heavy atom. The van der Waals surface area contributed by atoms with Crippen LogP contribution in [0.15, 0.2) is 82.6 Å². The quantitative estimate of drug-likeness (QED) is 0.379. The van der Waals surface area contributed by atoms with E-state index in [1.54, 1.807) is 66.9 Å². The van der Waals surface area contributed by atoms with Gasteiger partial charge in [0, 0.05) is 22.3 Å². The highest BCUT2D eigenvalue weighted by molar-refractivity contribution is 6.31. The number of carbonyl (C=O) groups excluding carboxylic acids is 2. The smallest absolute Gasteiger partial charge is 0.294 e. The SMILES string of the molecule is COc1cccc2cc(C(=O)C3=C(O)C(=O)N(c4cc(Cl)ccc4C)C3c3ccccn3)oc12. The molecule has 1 aliphatic rings. The zero-order valence-electron chi connectivity index (χ0n) is 18.3. The van der Waals surface area contributed by atoms with E-state index in [9.17, 15) is 14.7 Å². The molecule has 5 rings (SSSR count). The number of hydrogen-bond acceptors (Lipinski definition) is 6. The van der Waals surface area contributed by atoms with Gasteiger partial charge in [0.1, 0.15) is 6.04 Å². The molecule has 7 nitrogen and oxygen atoms in total. The molecule has 1 amide bonds. The normalized spacial score (nSPS) is 15.9. The summed E-state index contributed by atoms with van der Waals surface area (Å²) in [7, 11) is 1.51. The lowest BCUT2D eigenvalue weighted by molar-refractivity contribution is -0.117. The van der Waals surface area contributed by atoms with Gasteiger partial charge < -0.3 is 14.3 Å². The summed E-state index contributed by atoms with van der Waals surface area (Å²) in [5, 5.41) is 12.0. The Morgan fingerprint density at radius 3 is 2.71 bits per heavy atom. The van der Waals surface area contributed by atoms with Crippen LogP contribution in [0.5, 0.6) is 5.75 Å². The van der Waals surface area contributed by atoms with Crippen LogP contribution in [-0.4, -0.2) is 28.9 Å². The molecule has 170 valence electrons. The predicted octanol–water partition coefficient (Wildman–Crippen LogP) is 5.58. The minimum atomic E-state index is -0.978. The number of pyridine rings is 1. The molecule has 0 spiro atoms. The van der Waals surface area contributed by atoms with E-state index in [0.29, 0.717) is 33.1 Å². The second kappa shape index (κ2) is 8.35. The molecule has 4 aromatic rings. The number of aryl methyl sites for hydroxylation is 1. The van der Waals surface area contributed by atoms with Crippen molar-refractivity contribution in [2.45, 2.75) is 13.0 Å². The molecule has 1 aliphatic heterocycles. The van der Waals surface area contributed by atoms with Crippen molar-refractivity contribution in [2.75, 3.05) is 12.0 Å². The summed E-state index contributed by atoms with van der Waals surface area (Å²) in [4.78, 5) is 32.7. The third-order valence-electron chi connectivity index (χ3n) is 5.80. The summed E-state index contributed by atoms with van der Waals surface area (Å²) in [6, 6.07) is 16.1. The van der Waals surface area contributed by atoms with Gasteiger partial charge in [0.25, 0.3) is 5.91 Å². The molecule has 0 bridgehead atoms. The number of benzene rings is 2. The number of carbonyl (C=O) groups is 2. The lowest BCUT2D eigenvalue weighted by Crippen LogP contribution is -2.32. The monoisotopic (exact) mass is 474 g/mol. The van der Waals surface area contributed by atoms with Crippen LogP contribution in [-0.2, 0) is 4.79 Å². The molecule has 0 aliphatic carbocycles. The topological polar surface area (TPSA) is 92.9 Å². The maximum absolute atomic E-state index is 13.7. The number of aromatic nitrogens is 1. The highest BCUT2D eigenvalue weighted by atomic mass is 35.5. The number of Topliss-reactive ketones (excluding diaryl/α,β-unsaturated/α-hetero) is 1. The Labute approximate surface area is 199 Å². The van der Waals surface area contributed by atoms with E-state index in [0.717, 1.165) is 5.56 Å². The third-order valence-corrected chi connectivity index (χ3v) is 6.04. The molecular formula is C26H19ClN2O5. The van der Waals surface area contributed by atoms with Crippen molar-refractivity contribution >= 4 is 39.9 Å². The van der Waals surface area contributed by atoms with Crippen LogP contribution in [0.25, 0.3) is 11.0 Å². The highest BCUT2D eigenvalue weighted by Gasteiger charge is 2.46. The summed E-state index contributed by atoms with van der Waals surface area (Å²) in [5.41, 5.74) is 1.90. The molecule has 34 heavy (non-hydrogen) atoms. The standard InChI is InChI=1S/C26H19ClN2O5/c1-14-9-10-16(27)13-18(14)29-22(17-7-3-4-11-28-17)21(24(31)26(29)32)23(30)20-12-15-6-5-8-19(33-2)25(15)34-20/h3-13,22,31H,1-2H3. The Bertz CT molecular complexity index is 1480. The molecule has 3 heterocycles. The molecule has 2 aromatic heterocycles. The molecule has 1 unspecified atom stereocenters. The van der Waals surface area contributed by atoms with Crippen LogP contribution in [0.3, 0.4) is 0 Å². The number of ether oxygens (including phenoxy) is 1. The van der Waals surface area contributed by atoms with Gasteiger partial charge in [-0.1, -0.05) is 35.9 Å². The first-order chi connectivity index (χ1) is 16.4. The predicted molar refractivity (Wildman–Crippen MR) is 127 cm³/mol. The first-order valence-corrected chi connectivity index (χ1v) is 10.8. The summed E-state index contributed by atoms with van der Waals surface area (Å²) >= 11 is 6.22. The second-order valence-electron chi connectivity index (χ2n) is 7.84. The van der Waals surface area contributed by atoms with Gasteiger partial charge in [0.05, 0.1) is 18.4 Å². The minimum Gasteiger partial charge on any atom is -0.503 e. The van der Waals surface area contributed by atoms with E-state index in [1.807, 2.05) is 6.92 Å². The van der Waals surface area contributed by atoms with E-state index in [-0.39, 0.29) is 11.3 Å². The number of furan rings is 1. The number of fused-ring (bicyclic) bond motifs is 1. The number of para-hydroxylation sites is 1. The van der Waals surface area contributed by atoms with Crippen molar-refractivity contribution < 1.29 is 23.8 Å². The number of aliphatic hydroxyl groups is 1. The number of ketones is 1. The van der Waals surface area contributed by atoms with E-state index >= 15 is 0 Å². The lowest BCUT2D eigenvalue weighted by atomic mass is 9.97. The zero-order valence-corrected chi connectivity index (χ0v) is 19.0. The molecule has 1 atom stereocenters. The molecule has 0 saturated heterocycles. The van der Waals surface area contributed by atoms with E-state index in [1.165, 1.54) is 12.0 Å². The van der Waals surface area contributed by atoms with Crippen molar-refractivity contribution in [3.05, 3.63) is 100 Å². The lowest BCUT2D eigenvalue weighted by Gasteiger charge is -2.27. The molecule has 0 radical (unpaired) electrons. The van der Waals surface area contributed by atoms with Crippen molar-refractivity contribution in [2.24, 2.45) is 0 Å². The second-order valence-corrected chi connectivity index (χ2v) is 8.28. The zero-order chi connectivity index (χ0) is 24.0. The van der Waals surface area contributed by atoms with Gasteiger partial charge in [0.15, 0.2) is 22.9 Å². The first kappa shape index (κ1) is 21.7. The summed E-state index contributed by atoms with van der Waals surface area (Å²) in [5.74, 6) is -1.57. The molecule has 0 saturated carbocycles. The van der Waals surface area contributed by atoms with Gasteiger partial charge in [0.2, 0.25) is 5.78 Å². The van der Waals surface area contributed by atoms with Gasteiger partial charge in [-0.2, -0.15) is 0 Å². The van der Waals surface area contributed by atoms with Crippen molar-refractivity contribution in [1.82, 2.24) is 4.98 Å². The van der Waals surface area contributed by atoms with E-state index < -0.39 is 23.5 Å². The number of halogens is 1. The van der Waals surface area contributed by atoms with Crippen LogP contribution < -0.4 is 9.64 Å². The minimum absolute atomic E-state index is 0.0283. The molecule has 2 aromatic carbocycles. The van der Waals surface area contributed by atoms with Crippen molar-refractivity contribution in [3.8, 4) is 5.75 Å². The average Bonchev–Trinajstić information content (AvgIpc) is 3.40. The Hall–Kier alpha value is -4.10. The fourth-order valence-corrected chi connectivity index (χ4v) is 4.35. The molecule has 1 N–H and O–H groups in total. The van der Waals surface area contributed by atoms with E-state index in [4.69, 9.17) is 20.8 Å². The number of methoxy groups -OCH3 is 1. The van der Waals surface area contributed by atoms with E-state index in [2.05, 4.69) is 4.98 Å². The van der Waals surface area contributed by atoms with Crippen molar-refractivity contribution in [1.29, 1.82) is 0 Å². The number of nitrogens with zero attached hydrogens (tertiary/aromatic N) is 2. The van der Waals surface area contributed by atoms with Gasteiger partial charge in [-0.05, 0) is 48.9 Å². The van der Waals surface area contributed by atoms with Gasteiger partial charge >= 0.3 is 0 Å². The summed E-state index contributed by atoms with van der Waals surface area (Å²) in [6.45, 7) is 1.82. The Balaban J connectivity index is 1.68. The maximum atomic E-state index is 13.7. The van der Waals surface area contributed by atoms with Gasteiger partial charge in [-0.25, -0.2) is 0 Å². The average molecular weight is 475 g/mol. The fraction of sp³-hybridized carbons (Fsp3) is 0.115. The van der Waals surface area contributed by atoms with Gasteiger partial charge in [-0.15, -0.1) is 0 Å². The molecular weight excluding hydrogens is 456 g/mol. The highest BCUT2D eigenvalue weighted by Crippen LogP contribution is 2.43. The number of hydrogen-bond donors (Lipinski definition) is 1. The Kier molecular flexibility index (Phi) is 5.34.